The molecule has 2 rings (SSSR count). The van der Waals surface area contributed by atoms with Crippen molar-refractivity contribution in [3.63, 3.8) is 0 Å². The number of benzene rings is 1. The monoisotopic (exact) mass is 317 g/mol. The first-order valence-electron chi connectivity index (χ1n) is 7.52. The molecule has 0 aliphatic carbocycles. The number of furan rings is 1. The summed E-state index contributed by atoms with van der Waals surface area (Å²) in [6.07, 6.45) is 1.66. The predicted octanol–water partition coefficient (Wildman–Crippen LogP) is 2.55. The van der Waals surface area contributed by atoms with Gasteiger partial charge in [0.25, 0.3) is 0 Å². The van der Waals surface area contributed by atoms with Crippen molar-refractivity contribution >= 4 is 5.96 Å². The molecule has 23 heavy (non-hydrogen) atoms. The summed E-state index contributed by atoms with van der Waals surface area (Å²) in [6.45, 7) is 3.89. The quantitative estimate of drug-likeness (QED) is 0.607. The van der Waals surface area contributed by atoms with Crippen LogP contribution in [0.2, 0.25) is 0 Å². The average molecular weight is 317 g/mol. The topological polar surface area (TPSA) is 68.0 Å². The van der Waals surface area contributed by atoms with Crippen LogP contribution in [-0.2, 0) is 13.1 Å². The SMILES string of the molecule is CCNC(=NCc1ccc(OC)cc1OC)NCc1ccco1. The highest BCUT2D eigenvalue weighted by Crippen LogP contribution is 2.25. The van der Waals surface area contributed by atoms with Crippen LogP contribution in [0.5, 0.6) is 11.5 Å². The molecule has 0 aliphatic heterocycles. The van der Waals surface area contributed by atoms with Gasteiger partial charge in [0.15, 0.2) is 5.96 Å². The van der Waals surface area contributed by atoms with Crippen LogP contribution in [0.4, 0.5) is 0 Å². The third kappa shape index (κ3) is 4.95. The Morgan fingerprint density at radius 3 is 2.70 bits per heavy atom. The Morgan fingerprint density at radius 2 is 2.04 bits per heavy atom. The molecule has 0 atom stereocenters. The van der Waals surface area contributed by atoms with E-state index in [9.17, 15) is 0 Å². The van der Waals surface area contributed by atoms with E-state index in [1.807, 2.05) is 37.3 Å². The zero-order chi connectivity index (χ0) is 16.5. The first kappa shape index (κ1) is 16.7. The minimum atomic E-state index is 0.501. The molecule has 0 radical (unpaired) electrons. The van der Waals surface area contributed by atoms with Gasteiger partial charge in [0.05, 0.1) is 33.6 Å². The summed E-state index contributed by atoms with van der Waals surface area (Å²) in [7, 11) is 3.27. The van der Waals surface area contributed by atoms with Crippen molar-refractivity contribution in [2.75, 3.05) is 20.8 Å². The molecule has 0 amide bonds. The number of nitrogens with one attached hydrogen (secondary N) is 2. The third-order valence-corrected chi connectivity index (χ3v) is 3.26. The number of aliphatic imine (C=N–C) groups is 1. The molecule has 0 fully saturated rings. The van der Waals surface area contributed by atoms with E-state index < -0.39 is 0 Å². The van der Waals surface area contributed by atoms with E-state index in [-0.39, 0.29) is 0 Å². The van der Waals surface area contributed by atoms with E-state index in [1.165, 1.54) is 0 Å². The normalized spacial score (nSPS) is 11.2. The summed E-state index contributed by atoms with van der Waals surface area (Å²) in [5.74, 6) is 3.10. The smallest absolute Gasteiger partial charge is 0.191 e. The van der Waals surface area contributed by atoms with Gasteiger partial charge in [0.1, 0.15) is 17.3 Å². The minimum Gasteiger partial charge on any atom is -0.497 e. The van der Waals surface area contributed by atoms with Crippen molar-refractivity contribution in [3.8, 4) is 11.5 Å². The van der Waals surface area contributed by atoms with Crippen molar-refractivity contribution in [2.24, 2.45) is 4.99 Å². The minimum absolute atomic E-state index is 0.501. The van der Waals surface area contributed by atoms with Crippen LogP contribution in [0.1, 0.15) is 18.2 Å². The zero-order valence-electron chi connectivity index (χ0n) is 13.8. The van der Waals surface area contributed by atoms with Gasteiger partial charge in [-0.25, -0.2) is 4.99 Å². The fourth-order valence-electron chi connectivity index (χ4n) is 2.07. The van der Waals surface area contributed by atoms with Crippen molar-refractivity contribution in [3.05, 3.63) is 47.9 Å². The second kappa shape index (κ2) is 8.73. The first-order valence-corrected chi connectivity index (χ1v) is 7.52. The zero-order valence-corrected chi connectivity index (χ0v) is 13.8. The predicted molar refractivity (Wildman–Crippen MR) is 89.9 cm³/mol. The third-order valence-electron chi connectivity index (χ3n) is 3.26. The summed E-state index contributed by atoms with van der Waals surface area (Å²) in [5, 5.41) is 6.44. The van der Waals surface area contributed by atoms with Gasteiger partial charge in [-0.1, -0.05) is 0 Å². The lowest BCUT2D eigenvalue weighted by Crippen LogP contribution is -2.36. The molecular formula is C17H23N3O3. The molecule has 1 aromatic heterocycles. The van der Waals surface area contributed by atoms with Crippen LogP contribution >= 0.6 is 0 Å². The van der Waals surface area contributed by atoms with Crippen LogP contribution < -0.4 is 20.1 Å². The van der Waals surface area contributed by atoms with E-state index in [0.717, 1.165) is 35.3 Å². The maximum atomic E-state index is 5.39. The summed E-state index contributed by atoms with van der Waals surface area (Å²) in [6, 6.07) is 9.49. The van der Waals surface area contributed by atoms with Crippen LogP contribution in [0.15, 0.2) is 46.0 Å². The first-order chi connectivity index (χ1) is 11.3. The number of nitrogens with zero attached hydrogens (tertiary/aromatic N) is 1. The maximum Gasteiger partial charge on any atom is 0.191 e. The van der Waals surface area contributed by atoms with Crippen LogP contribution in [-0.4, -0.2) is 26.7 Å². The standard InChI is InChI=1S/C17H23N3O3/c1-4-18-17(20-12-15-6-5-9-23-15)19-11-13-7-8-14(21-2)10-16(13)22-3/h5-10H,4,11-12H2,1-3H3,(H2,18,19,20). The Morgan fingerprint density at radius 1 is 1.17 bits per heavy atom. The molecule has 0 bridgehead atoms. The molecule has 124 valence electrons. The van der Waals surface area contributed by atoms with E-state index in [0.29, 0.717) is 13.1 Å². The van der Waals surface area contributed by atoms with Gasteiger partial charge < -0.3 is 24.5 Å². The largest absolute Gasteiger partial charge is 0.497 e. The van der Waals surface area contributed by atoms with Gasteiger partial charge in [-0.15, -0.1) is 0 Å². The van der Waals surface area contributed by atoms with Gasteiger partial charge in [-0.2, -0.15) is 0 Å². The van der Waals surface area contributed by atoms with Crippen molar-refractivity contribution in [1.29, 1.82) is 0 Å². The maximum absolute atomic E-state index is 5.39. The second-order valence-corrected chi connectivity index (χ2v) is 4.81. The van der Waals surface area contributed by atoms with Crippen LogP contribution in [0.25, 0.3) is 0 Å². The van der Waals surface area contributed by atoms with Gasteiger partial charge >= 0.3 is 0 Å². The molecule has 6 nitrogen and oxygen atoms in total. The highest BCUT2D eigenvalue weighted by atomic mass is 16.5. The highest BCUT2D eigenvalue weighted by Gasteiger charge is 2.06. The van der Waals surface area contributed by atoms with Gasteiger partial charge in [-0.3, -0.25) is 0 Å². The van der Waals surface area contributed by atoms with Gasteiger partial charge in [-0.05, 0) is 31.2 Å². The lowest BCUT2D eigenvalue weighted by molar-refractivity contribution is 0.391. The second-order valence-electron chi connectivity index (χ2n) is 4.81. The number of hydrogen-bond acceptors (Lipinski definition) is 4. The van der Waals surface area contributed by atoms with Gasteiger partial charge in [0.2, 0.25) is 0 Å². The van der Waals surface area contributed by atoms with E-state index in [1.54, 1.807) is 20.5 Å². The molecule has 0 saturated heterocycles. The fraction of sp³-hybridized carbons (Fsp3) is 0.353. The summed E-state index contributed by atoms with van der Waals surface area (Å²) < 4.78 is 15.9. The summed E-state index contributed by atoms with van der Waals surface area (Å²) in [4.78, 5) is 4.58. The number of rotatable bonds is 7. The molecule has 6 heteroatoms. The van der Waals surface area contributed by atoms with E-state index in [4.69, 9.17) is 13.9 Å². The van der Waals surface area contributed by atoms with Crippen LogP contribution in [0.3, 0.4) is 0 Å². The molecule has 2 aromatic rings. The van der Waals surface area contributed by atoms with Crippen LogP contribution in [0, 0.1) is 0 Å². The number of guanidine groups is 1. The lowest BCUT2D eigenvalue weighted by atomic mass is 10.2. The molecule has 0 unspecified atom stereocenters. The van der Waals surface area contributed by atoms with E-state index >= 15 is 0 Å². The molecular weight excluding hydrogens is 294 g/mol. The number of methoxy groups -OCH3 is 2. The Labute approximate surface area is 136 Å². The van der Waals surface area contributed by atoms with E-state index in [2.05, 4.69) is 15.6 Å². The Bertz CT molecular complexity index is 624. The molecule has 2 N–H and O–H groups in total. The van der Waals surface area contributed by atoms with Crippen molar-refractivity contribution < 1.29 is 13.9 Å². The Balaban J connectivity index is 2.04. The number of ether oxygens (including phenoxy) is 2. The average Bonchev–Trinajstić information content (AvgIpc) is 3.10. The van der Waals surface area contributed by atoms with Crippen molar-refractivity contribution in [2.45, 2.75) is 20.0 Å². The molecule has 0 saturated carbocycles. The molecule has 0 aliphatic rings. The number of hydrogen-bond donors (Lipinski definition) is 2. The summed E-state index contributed by atoms with van der Waals surface area (Å²) >= 11 is 0. The van der Waals surface area contributed by atoms with Gasteiger partial charge in [0, 0.05) is 18.2 Å². The molecule has 1 aromatic carbocycles. The molecule has 1 heterocycles. The Kier molecular flexibility index (Phi) is 6.35. The highest BCUT2D eigenvalue weighted by molar-refractivity contribution is 5.79. The molecule has 0 spiro atoms. The summed E-state index contributed by atoms with van der Waals surface area (Å²) in [5.41, 5.74) is 0.989. The Hall–Kier alpha value is -2.63. The van der Waals surface area contributed by atoms with Crippen molar-refractivity contribution in [1.82, 2.24) is 10.6 Å². The lowest BCUT2D eigenvalue weighted by Gasteiger charge is -2.12. The fourth-order valence-corrected chi connectivity index (χ4v) is 2.07.